The number of alkyl halides is 2. The van der Waals surface area contributed by atoms with Crippen LogP contribution in [0.2, 0.25) is 0 Å². The number of hydrogen-bond donors (Lipinski definition) is 0. The summed E-state index contributed by atoms with van der Waals surface area (Å²) in [7, 11) is 0. The second-order valence-corrected chi connectivity index (χ2v) is 4.98. The minimum absolute atomic E-state index is 0.296. The number of rotatable bonds is 5. The highest BCUT2D eigenvalue weighted by atomic mass is 35.5. The van der Waals surface area contributed by atoms with Crippen molar-refractivity contribution in [3.63, 3.8) is 0 Å². The van der Waals surface area contributed by atoms with Gasteiger partial charge in [-0.2, -0.15) is 0 Å². The zero-order chi connectivity index (χ0) is 11.2. The molecule has 0 aromatic carbocycles. The standard InChI is InChI=1S/C11H19Cl2N/c1-9(2)14-10(3)11(4,13)7-5-6-8-12/h5-6,9H,7-8H2,1-4H3/b6-5+,14-10?. The Hall–Kier alpha value is -0.0100. The van der Waals surface area contributed by atoms with Crippen molar-refractivity contribution in [2.45, 2.75) is 45.0 Å². The van der Waals surface area contributed by atoms with E-state index in [0.29, 0.717) is 11.9 Å². The molecule has 0 N–H and O–H groups in total. The molecule has 1 unspecified atom stereocenters. The Morgan fingerprint density at radius 3 is 2.43 bits per heavy atom. The van der Waals surface area contributed by atoms with Crippen LogP contribution in [0.4, 0.5) is 0 Å². The number of aliphatic imine (C=N–C) groups is 1. The van der Waals surface area contributed by atoms with E-state index in [2.05, 4.69) is 4.99 Å². The van der Waals surface area contributed by atoms with Crippen LogP contribution in [0.1, 0.15) is 34.1 Å². The van der Waals surface area contributed by atoms with Crippen molar-refractivity contribution in [1.29, 1.82) is 0 Å². The van der Waals surface area contributed by atoms with E-state index in [1.54, 1.807) is 0 Å². The number of nitrogens with zero attached hydrogens (tertiary/aromatic N) is 1. The van der Waals surface area contributed by atoms with Gasteiger partial charge in [0.25, 0.3) is 0 Å². The molecule has 0 saturated heterocycles. The van der Waals surface area contributed by atoms with Gasteiger partial charge in [-0.15, -0.1) is 23.2 Å². The average molecular weight is 236 g/mol. The van der Waals surface area contributed by atoms with E-state index in [1.807, 2.05) is 39.8 Å². The van der Waals surface area contributed by atoms with Gasteiger partial charge in [-0.25, -0.2) is 0 Å². The van der Waals surface area contributed by atoms with Gasteiger partial charge in [0, 0.05) is 17.6 Å². The number of halogens is 2. The van der Waals surface area contributed by atoms with Crippen LogP contribution in [-0.4, -0.2) is 22.5 Å². The molecule has 0 rings (SSSR count). The Balaban J connectivity index is 4.37. The predicted molar refractivity (Wildman–Crippen MR) is 67.0 cm³/mol. The van der Waals surface area contributed by atoms with Gasteiger partial charge in [0.15, 0.2) is 0 Å². The molecule has 0 aromatic heterocycles. The van der Waals surface area contributed by atoms with Gasteiger partial charge in [0.1, 0.15) is 0 Å². The van der Waals surface area contributed by atoms with E-state index >= 15 is 0 Å². The van der Waals surface area contributed by atoms with E-state index in [0.717, 1.165) is 12.1 Å². The third kappa shape index (κ3) is 5.66. The molecule has 0 radical (unpaired) electrons. The molecule has 3 heteroatoms. The fourth-order valence-corrected chi connectivity index (χ4v) is 1.30. The van der Waals surface area contributed by atoms with E-state index in [9.17, 15) is 0 Å². The van der Waals surface area contributed by atoms with Crippen molar-refractivity contribution >= 4 is 28.9 Å². The van der Waals surface area contributed by atoms with E-state index in [1.165, 1.54) is 0 Å². The molecule has 0 amide bonds. The highest BCUT2D eigenvalue weighted by Gasteiger charge is 2.22. The summed E-state index contributed by atoms with van der Waals surface area (Å²) < 4.78 is 0. The molecule has 0 fully saturated rings. The molecular weight excluding hydrogens is 217 g/mol. The molecule has 14 heavy (non-hydrogen) atoms. The topological polar surface area (TPSA) is 12.4 Å². The lowest BCUT2D eigenvalue weighted by atomic mass is 10.0. The van der Waals surface area contributed by atoms with Crippen LogP contribution in [0.3, 0.4) is 0 Å². The fourth-order valence-electron chi connectivity index (χ4n) is 1.04. The van der Waals surface area contributed by atoms with E-state index in [-0.39, 0.29) is 4.87 Å². The van der Waals surface area contributed by atoms with Gasteiger partial charge in [-0.05, 0) is 34.1 Å². The fraction of sp³-hybridized carbons (Fsp3) is 0.727. The van der Waals surface area contributed by atoms with Gasteiger partial charge >= 0.3 is 0 Å². The molecule has 1 nitrogen and oxygen atoms in total. The molecule has 1 atom stereocenters. The van der Waals surface area contributed by atoms with Crippen LogP contribution in [0.15, 0.2) is 17.1 Å². The van der Waals surface area contributed by atoms with Crippen molar-refractivity contribution in [2.24, 2.45) is 4.99 Å². The predicted octanol–water partition coefficient (Wildman–Crippen LogP) is 4.04. The molecule has 0 aliphatic carbocycles. The maximum Gasteiger partial charge on any atom is 0.0825 e. The minimum atomic E-state index is -0.382. The zero-order valence-electron chi connectivity index (χ0n) is 9.35. The largest absolute Gasteiger partial charge is 0.290 e. The van der Waals surface area contributed by atoms with E-state index < -0.39 is 0 Å². The van der Waals surface area contributed by atoms with Gasteiger partial charge in [0.05, 0.1) is 4.87 Å². The van der Waals surface area contributed by atoms with Gasteiger partial charge in [0.2, 0.25) is 0 Å². The van der Waals surface area contributed by atoms with E-state index in [4.69, 9.17) is 23.2 Å². The van der Waals surface area contributed by atoms with Crippen molar-refractivity contribution < 1.29 is 0 Å². The van der Waals surface area contributed by atoms with Crippen molar-refractivity contribution in [3.05, 3.63) is 12.2 Å². The Labute approximate surface area is 97.2 Å². The minimum Gasteiger partial charge on any atom is -0.290 e. The smallest absolute Gasteiger partial charge is 0.0825 e. The molecule has 0 bridgehead atoms. The normalized spacial score (nSPS) is 17.8. The highest BCUT2D eigenvalue weighted by molar-refractivity contribution is 6.35. The van der Waals surface area contributed by atoms with Crippen LogP contribution in [0.25, 0.3) is 0 Å². The Morgan fingerprint density at radius 2 is 2.00 bits per heavy atom. The van der Waals surface area contributed by atoms with Crippen LogP contribution < -0.4 is 0 Å². The lowest BCUT2D eigenvalue weighted by molar-refractivity contribution is 0.779. The SMILES string of the molecule is CC(=NC(C)C)C(C)(Cl)C/C=C/CCl. The van der Waals surface area contributed by atoms with Crippen LogP contribution in [0.5, 0.6) is 0 Å². The molecule has 0 aromatic rings. The Kier molecular flexibility index (Phi) is 6.46. The summed E-state index contributed by atoms with van der Waals surface area (Å²) in [6.07, 6.45) is 4.67. The first-order chi connectivity index (χ1) is 6.40. The molecule has 0 saturated carbocycles. The summed E-state index contributed by atoms with van der Waals surface area (Å²) >= 11 is 11.9. The second-order valence-electron chi connectivity index (χ2n) is 3.84. The van der Waals surface area contributed by atoms with Gasteiger partial charge in [-0.3, -0.25) is 4.99 Å². The lowest BCUT2D eigenvalue weighted by Gasteiger charge is -2.21. The maximum absolute atomic E-state index is 6.34. The quantitative estimate of drug-likeness (QED) is 0.388. The van der Waals surface area contributed by atoms with Crippen LogP contribution in [-0.2, 0) is 0 Å². The average Bonchev–Trinajstić information content (AvgIpc) is 2.03. The Morgan fingerprint density at radius 1 is 1.43 bits per heavy atom. The molecule has 0 aliphatic rings. The monoisotopic (exact) mass is 235 g/mol. The van der Waals surface area contributed by atoms with Gasteiger partial charge < -0.3 is 0 Å². The van der Waals surface area contributed by atoms with Crippen molar-refractivity contribution in [3.8, 4) is 0 Å². The summed E-state index contributed by atoms with van der Waals surface area (Å²) in [5, 5.41) is 0. The number of allylic oxidation sites excluding steroid dienone is 2. The molecule has 82 valence electrons. The maximum atomic E-state index is 6.34. The summed E-state index contributed by atoms with van der Waals surface area (Å²) in [4.78, 5) is 4.06. The second kappa shape index (κ2) is 6.47. The van der Waals surface area contributed by atoms with Crippen molar-refractivity contribution in [2.75, 3.05) is 5.88 Å². The summed E-state index contributed by atoms with van der Waals surface area (Å²) in [5.41, 5.74) is 0.980. The summed E-state index contributed by atoms with van der Waals surface area (Å²) in [5.74, 6) is 0.535. The van der Waals surface area contributed by atoms with Crippen LogP contribution in [0, 0.1) is 0 Å². The first-order valence-electron chi connectivity index (χ1n) is 4.85. The molecule has 0 spiro atoms. The zero-order valence-corrected chi connectivity index (χ0v) is 10.9. The summed E-state index contributed by atoms with van der Waals surface area (Å²) in [6, 6.07) is 0.296. The van der Waals surface area contributed by atoms with Gasteiger partial charge in [-0.1, -0.05) is 12.2 Å². The first kappa shape index (κ1) is 14.0. The van der Waals surface area contributed by atoms with Crippen molar-refractivity contribution in [1.82, 2.24) is 0 Å². The molecular formula is C11H19Cl2N. The third-order valence-corrected chi connectivity index (χ3v) is 2.57. The highest BCUT2D eigenvalue weighted by Crippen LogP contribution is 2.22. The molecule has 0 heterocycles. The third-order valence-electron chi connectivity index (χ3n) is 1.96. The lowest BCUT2D eigenvalue weighted by Crippen LogP contribution is -2.26. The summed E-state index contributed by atoms with van der Waals surface area (Å²) in [6.45, 7) is 8.05. The van der Waals surface area contributed by atoms with Crippen LogP contribution >= 0.6 is 23.2 Å². The first-order valence-corrected chi connectivity index (χ1v) is 5.76. The molecule has 0 aliphatic heterocycles. The number of hydrogen-bond acceptors (Lipinski definition) is 1. The Bertz CT molecular complexity index is 217.